The monoisotopic (exact) mass is 964 g/mol. The number of thiophene rings is 1. The molecule has 0 aliphatic carbocycles. The summed E-state index contributed by atoms with van der Waals surface area (Å²) in [4.78, 5) is 98.0. The molecule has 6 aromatic rings. The number of carbonyl (C=O) groups is 7. The van der Waals surface area contributed by atoms with E-state index in [0.717, 1.165) is 11.1 Å². The maximum absolute atomic E-state index is 14.8. The molecule has 360 valence electrons. The van der Waals surface area contributed by atoms with Gasteiger partial charge >= 0.3 is 5.97 Å². The molecule has 17 heteroatoms. The van der Waals surface area contributed by atoms with Crippen molar-refractivity contribution < 1.29 is 48.9 Å². The molecule has 0 saturated carbocycles. The van der Waals surface area contributed by atoms with E-state index in [1.54, 1.807) is 90.3 Å². The van der Waals surface area contributed by atoms with Gasteiger partial charge in [0.25, 0.3) is 11.8 Å². The van der Waals surface area contributed by atoms with Crippen molar-refractivity contribution in [3.8, 4) is 11.1 Å². The van der Waals surface area contributed by atoms with Gasteiger partial charge in [-0.3, -0.25) is 28.8 Å². The van der Waals surface area contributed by atoms with Crippen LogP contribution in [0.5, 0.6) is 0 Å². The minimum absolute atomic E-state index is 0.0679. The molecule has 5 aromatic carbocycles. The molecule has 9 N–H and O–H groups in total. The van der Waals surface area contributed by atoms with Crippen molar-refractivity contribution in [1.82, 2.24) is 26.6 Å². The first-order valence-electron chi connectivity index (χ1n) is 22.5. The third-order valence-electron chi connectivity index (χ3n) is 11.7. The lowest BCUT2D eigenvalue weighted by atomic mass is 9.98. The third-order valence-corrected chi connectivity index (χ3v) is 12.6. The molecule has 1 aromatic heterocycles. The summed E-state index contributed by atoms with van der Waals surface area (Å²) in [5.74, 6) is -7.01. The minimum atomic E-state index is -2.33. The van der Waals surface area contributed by atoms with Crippen LogP contribution in [0.4, 0.5) is 5.69 Å². The predicted molar refractivity (Wildman–Crippen MR) is 262 cm³/mol. The number of aliphatic hydroxyl groups excluding tert-OH is 2. The van der Waals surface area contributed by atoms with Crippen LogP contribution in [0.2, 0.25) is 0 Å². The fourth-order valence-electron chi connectivity index (χ4n) is 7.88. The molecule has 0 fully saturated rings. The average molecular weight is 965 g/mol. The number of fused-ring (bicyclic) bond motifs is 18. The Bertz CT molecular complexity index is 2740. The quantitative estimate of drug-likeness (QED) is 0.0811. The van der Waals surface area contributed by atoms with Crippen molar-refractivity contribution in [1.29, 1.82) is 0 Å². The number of hydrogen-bond acceptors (Lipinski definition) is 10. The summed E-state index contributed by atoms with van der Waals surface area (Å²) in [7, 11) is 0. The first-order chi connectivity index (χ1) is 33.8. The third kappa shape index (κ3) is 13.8. The summed E-state index contributed by atoms with van der Waals surface area (Å²) in [6.45, 7) is 0. The number of anilines is 1. The number of aliphatic carboxylic acids is 1. The molecule has 3 heterocycles. The molecule has 0 spiro atoms. The normalized spacial score (nSPS) is 20.9. The first-order valence-corrected chi connectivity index (χ1v) is 23.4. The molecule has 16 nitrogen and oxygen atoms in total. The summed E-state index contributed by atoms with van der Waals surface area (Å²) in [5.41, 5.74) is 4.30. The van der Waals surface area contributed by atoms with Crippen molar-refractivity contribution in [2.24, 2.45) is 0 Å². The second kappa shape index (κ2) is 23.8. The maximum Gasteiger partial charge on any atom is 0.326 e. The summed E-state index contributed by atoms with van der Waals surface area (Å²) >= 11 is 1.28. The Hall–Kier alpha value is -7.99. The van der Waals surface area contributed by atoms with E-state index in [-0.39, 0.29) is 37.8 Å². The van der Waals surface area contributed by atoms with Crippen LogP contribution < -0.4 is 31.9 Å². The fraction of sp³-hybridized carbons (Fsp3) is 0.226. The zero-order valence-corrected chi connectivity index (χ0v) is 38.5. The maximum atomic E-state index is 14.8. The van der Waals surface area contributed by atoms with Crippen LogP contribution in [0.3, 0.4) is 0 Å². The molecule has 2 aliphatic heterocycles. The minimum Gasteiger partial charge on any atom is -0.480 e. The topological polar surface area (TPSA) is 252 Å². The Labute approximate surface area is 407 Å². The van der Waals surface area contributed by atoms with Gasteiger partial charge in [0.05, 0.1) is 0 Å². The van der Waals surface area contributed by atoms with Crippen LogP contribution in [0.15, 0.2) is 157 Å². The Morgan fingerprint density at radius 3 is 1.61 bits per heavy atom. The lowest BCUT2D eigenvalue weighted by Gasteiger charge is -2.27. The van der Waals surface area contributed by atoms with E-state index in [1.807, 2.05) is 42.5 Å². The van der Waals surface area contributed by atoms with Crippen LogP contribution in [-0.2, 0) is 65.7 Å². The van der Waals surface area contributed by atoms with Crippen molar-refractivity contribution >= 4 is 58.4 Å². The Morgan fingerprint density at radius 2 is 1.04 bits per heavy atom. The smallest absolute Gasteiger partial charge is 0.326 e. The largest absolute Gasteiger partial charge is 0.480 e. The molecule has 0 unspecified atom stereocenters. The molecule has 2 aliphatic rings. The molecular formula is C53H52N6O10S. The predicted octanol–water partition coefficient (Wildman–Crippen LogP) is 3.11. The van der Waals surface area contributed by atoms with Crippen molar-refractivity contribution in [2.45, 2.75) is 74.5 Å². The SMILES string of the molecule is O=C(N[C@H](Cc1ccccc1)C(=O)O)[C@@H]1Cc2ccc(cc2)NC(=O)[C@H](O)[C@@H](O)C(=O)N[C@H](Cc2cccs2)C(=O)N[C@@H](Cc2ccc(-c3ccccc3)cc2)C(=O)N[C@H](Cc2ccccc2)C(=O)N1. The molecule has 70 heavy (non-hydrogen) atoms. The number of carboxylic acid groups (broad SMARTS) is 1. The Balaban J connectivity index is 1.26. The number of aliphatic hydroxyl groups is 2. The summed E-state index contributed by atoms with van der Waals surface area (Å²) in [5, 5.41) is 49.6. The molecule has 6 amide bonds. The lowest BCUT2D eigenvalue weighted by Crippen LogP contribution is -2.60. The van der Waals surface area contributed by atoms with Gasteiger partial charge in [0.15, 0.2) is 12.2 Å². The van der Waals surface area contributed by atoms with Gasteiger partial charge in [-0.2, -0.15) is 0 Å². The van der Waals surface area contributed by atoms with Crippen molar-refractivity contribution in [3.05, 3.63) is 184 Å². The molecular weight excluding hydrogens is 913 g/mol. The number of hydrogen-bond donors (Lipinski definition) is 9. The van der Waals surface area contributed by atoms with Crippen LogP contribution in [0, 0.1) is 0 Å². The Kier molecular flexibility index (Phi) is 17.0. The van der Waals surface area contributed by atoms with Gasteiger partial charge in [0.1, 0.15) is 30.2 Å². The number of benzene rings is 5. The lowest BCUT2D eigenvalue weighted by molar-refractivity contribution is -0.144. The second-order valence-corrected chi connectivity index (χ2v) is 17.9. The molecule has 8 rings (SSSR count). The van der Waals surface area contributed by atoms with Gasteiger partial charge in [0.2, 0.25) is 23.6 Å². The van der Waals surface area contributed by atoms with Crippen molar-refractivity contribution in [2.75, 3.05) is 5.32 Å². The zero-order valence-electron chi connectivity index (χ0n) is 37.7. The van der Waals surface area contributed by atoms with Gasteiger partial charge in [-0.05, 0) is 57.0 Å². The van der Waals surface area contributed by atoms with Crippen molar-refractivity contribution in [3.63, 3.8) is 0 Å². The number of carboxylic acids is 1. The van der Waals surface area contributed by atoms with E-state index >= 15 is 0 Å². The number of rotatable bonds is 12. The molecule has 0 saturated heterocycles. The van der Waals surface area contributed by atoms with E-state index in [1.165, 1.54) is 35.6 Å². The van der Waals surface area contributed by atoms with Gasteiger partial charge < -0.3 is 47.2 Å². The highest BCUT2D eigenvalue weighted by atomic mass is 32.1. The summed E-state index contributed by atoms with van der Waals surface area (Å²) < 4.78 is 0. The van der Waals surface area contributed by atoms with E-state index in [2.05, 4.69) is 31.9 Å². The first kappa shape index (κ1) is 49.9. The molecule has 0 radical (unpaired) electrons. The van der Waals surface area contributed by atoms with Crippen LogP contribution in [0.25, 0.3) is 11.1 Å². The highest BCUT2D eigenvalue weighted by Crippen LogP contribution is 2.21. The van der Waals surface area contributed by atoms with Gasteiger partial charge in [-0.25, -0.2) is 4.79 Å². The van der Waals surface area contributed by atoms with Crippen LogP contribution in [0.1, 0.15) is 27.1 Å². The van der Waals surface area contributed by atoms with Crippen LogP contribution >= 0.6 is 11.3 Å². The molecule has 7 atom stereocenters. The van der Waals surface area contributed by atoms with E-state index in [4.69, 9.17) is 0 Å². The van der Waals surface area contributed by atoms with E-state index < -0.39 is 83.8 Å². The number of amides is 6. The second-order valence-electron chi connectivity index (χ2n) is 16.9. The van der Waals surface area contributed by atoms with E-state index in [0.29, 0.717) is 27.1 Å². The number of nitrogens with one attached hydrogen (secondary N) is 6. The van der Waals surface area contributed by atoms with E-state index in [9.17, 15) is 48.9 Å². The van der Waals surface area contributed by atoms with Crippen LogP contribution in [-0.4, -0.2) is 99.1 Å². The summed E-state index contributed by atoms with van der Waals surface area (Å²) in [6.07, 6.45) is -5.17. The zero-order chi connectivity index (χ0) is 49.6. The van der Waals surface area contributed by atoms with Gasteiger partial charge in [-0.1, -0.05) is 133 Å². The average Bonchev–Trinajstić information content (AvgIpc) is 3.89. The highest BCUT2D eigenvalue weighted by Gasteiger charge is 2.36. The van der Waals surface area contributed by atoms with Gasteiger partial charge in [-0.15, -0.1) is 11.3 Å². The molecule has 2 bridgehead atoms. The standard InChI is InChI=1S/C53H52N6O10S/c60-45-46(61)52(67)58-43(31-39-17-10-26-70-39)50(65)57-41(28-34-18-22-37(23-19-34)36-15-8-3-9-16-36)48(63)55-40(27-32-11-4-1-5-12-32)47(62)56-42(29-35-20-24-38(25-21-35)54-51(45)66)49(64)59-44(53(68)69)30-33-13-6-2-7-14-33/h1-26,40-46,60-61H,27-31H2,(H,54,66)(H,55,63)(H,56,62)(H,57,65)(H,58,67)(H,59,64)(H,68,69)/t40-,41+,42+,43-,44-,45-,46-/m1/s1. The number of carbonyl (C=O) groups excluding carboxylic acids is 6. The fourth-order valence-corrected chi connectivity index (χ4v) is 8.63. The Morgan fingerprint density at radius 1 is 0.543 bits per heavy atom. The summed E-state index contributed by atoms with van der Waals surface area (Å²) in [6, 6.07) is 36.7. The highest BCUT2D eigenvalue weighted by molar-refractivity contribution is 7.09. The van der Waals surface area contributed by atoms with Gasteiger partial charge in [0, 0.05) is 42.7 Å².